The molecule has 2 aromatic carbocycles. The maximum Gasteiger partial charge on any atom is 0.335 e. The number of H-pyrrole nitrogens is 1. The predicted molar refractivity (Wildman–Crippen MR) is 69.0 cm³/mol. The zero-order chi connectivity index (χ0) is 12.7. The van der Waals surface area contributed by atoms with Crippen LogP contribution in [-0.2, 0) is 0 Å². The van der Waals surface area contributed by atoms with Gasteiger partial charge in [-0.05, 0) is 30.3 Å². The maximum absolute atomic E-state index is 12.2. The molecule has 0 radical (unpaired) electrons. The zero-order valence-electron chi connectivity index (χ0n) is 9.31. The topological polar surface area (TPSA) is 70.2 Å². The first-order valence-electron chi connectivity index (χ1n) is 5.45. The lowest BCUT2D eigenvalue weighted by atomic mass is 10.1. The van der Waals surface area contributed by atoms with Crippen LogP contribution in [0, 0.1) is 0 Å². The lowest BCUT2D eigenvalue weighted by molar-refractivity contribution is 0.0697. The number of pyridine rings is 1. The fourth-order valence-corrected chi connectivity index (χ4v) is 2.06. The smallest absolute Gasteiger partial charge is 0.335 e. The third-order valence-corrected chi connectivity index (χ3v) is 2.95. The summed E-state index contributed by atoms with van der Waals surface area (Å²) in [7, 11) is 0. The predicted octanol–water partition coefficient (Wildman–Crippen LogP) is 2.38. The van der Waals surface area contributed by atoms with Gasteiger partial charge >= 0.3 is 5.97 Å². The molecule has 1 aromatic heterocycles. The molecular formula is C14H9NO3. The Morgan fingerprint density at radius 1 is 1.00 bits per heavy atom. The van der Waals surface area contributed by atoms with E-state index < -0.39 is 5.97 Å². The monoisotopic (exact) mass is 239 g/mol. The minimum Gasteiger partial charge on any atom is -0.478 e. The number of aromatic carboxylic acids is 1. The van der Waals surface area contributed by atoms with E-state index in [1.807, 2.05) is 6.07 Å². The van der Waals surface area contributed by atoms with Gasteiger partial charge in [-0.1, -0.05) is 12.1 Å². The SMILES string of the molecule is O=C(O)c1ccc2c(=O)c3ccccc3[nH]c2c1. The van der Waals surface area contributed by atoms with E-state index in [1.54, 1.807) is 24.3 Å². The van der Waals surface area contributed by atoms with Gasteiger partial charge in [0.25, 0.3) is 0 Å². The quantitative estimate of drug-likeness (QED) is 0.640. The third-order valence-electron chi connectivity index (χ3n) is 2.95. The number of nitrogens with one attached hydrogen (secondary N) is 1. The molecule has 0 amide bonds. The molecule has 0 saturated heterocycles. The highest BCUT2D eigenvalue weighted by atomic mass is 16.4. The van der Waals surface area contributed by atoms with E-state index in [-0.39, 0.29) is 11.0 Å². The number of rotatable bonds is 1. The Kier molecular flexibility index (Phi) is 2.16. The average Bonchev–Trinajstić information content (AvgIpc) is 2.38. The number of fused-ring (bicyclic) bond motifs is 2. The number of hydrogen-bond acceptors (Lipinski definition) is 2. The lowest BCUT2D eigenvalue weighted by Gasteiger charge is -2.03. The van der Waals surface area contributed by atoms with Gasteiger partial charge in [0.15, 0.2) is 5.43 Å². The summed E-state index contributed by atoms with van der Waals surface area (Å²) in [5.41, 5.74) is 1.32. The van der Waals surface area contributed by atoms with Crippen LogP contribution in [0.3, 0.4) is 0 Å². The number of carboxylic acid groups (broad SMARTS) is 1. The van der Waals surface area contributed by atoms with E-state index in [0.717, 1.165) is 0 Å². The largest absolute Gasteiger partial charge is 0.478 e. The molecule has 88 valence electrons. The molecule has 0 aliphatic heterocycles. The van der Waals surface area contributed by atoms with E-state index in [0.29, 0.717) is 21.8 Å². The zero-order valence-corrected chi connectivity index (χ0v) is 9.31. The molecule has 2 N–H and O–H groups in total. The molecule has 0 saturated carbocycles. The van der Waals surface area contributed by atoms with Gasteiger partial charge in [0.1, 0.15) is 0 Å². The van der Waals surface area contributed by atoms with Crippen molar-refractivity contribution in [3.63, 3.8) is 0 Å². The van der Waals surface area contributed by atoms with Crippen LogP contribution >= 0.6 is 0 Å². The van der Waals surface area contributed by atoms with Crippen molar-refractivity contribution in [3.8, 4) is 0 Å². The van der Waals surface area contributed by atoms with Crippen LogP contribution in [0.1, 0.15) is 10.4 Å². The number of para-hydroxylation sites is 1. The standard InChI is InChI=1S/C14H9NO3/c16-13-9-3-1-2-4-11(9)15-12-7-8(14(17)18)5-6-10(12)13/h1-7H,(H,15,16)(H,17,18). The van der Waals surface area contributed by atoms with Crippen molar-refractivity contribution in [1.29, 1.82) is 0 Å². The highest BCUT2D eigenvalue weighted by Crippen LogP contribution is 2.15. The van der Waals surface area contributed by atoms with Gasteiger partial charge in [-0.15, -0.1) is 0 Å². The van der Waals surface area contributed by atoms with Crippen LogP contribution < -0.4 is 5.43 Å². The molecule has 4 heteroatoms. The van der Waals surface area contributed by atoms with E-state index in [1.165, 1.54) is 12.1 Å². The molecule has 4 nitrogen and oxygen atoms in total. The van der Waals surface area contributed by atoms with Gasteiger partial charge in [-0.3, -0.25) is 4.79 Å². The second-order valence-corrected chi connectivity index (χ2v) is 4.07. The minimum absolute atomic E-state index is 0.0868. The van der Waals surface area contributed by atoms with Gasteiger partial charge in [-0.2, -0.15) is 0 Å². The first-order chi connectivity index (χ1) is 8.66. The molecule has 1 heterocycles. The summed E-state index contributed by atoms with van der Waals surface area (Å²) in [6.45, 7) is 0. The second-order valence-electron chi connectivity index (χ2n) is 4.07. The summed E-state index contributed by atoms with van der Waals surface area (Å²) >= 11 is 0. The molecule has 0 spiro atoms. The van der Waals surface area contributed by atoms with Crippen LogP contribution in [0.25, 0.3) is 21.8 Å². The molecule has 0 fully saturated rings. The molecule has 3 aromatic rings. The maximum atomic E-state index is 12.2. The number of carbonyl (C=O) groups is 1. The van der Waals surface area contributed by atoms with Gasteiger partial charge in [0.05, 0.1) is 11.1 Å². The molecule has 0 unspecified atom stereocenters. The first kappa shape index (κ1) is 10.5. The Morgan fingerprint density at radius 2 is 1.72 bits per heavy atom. The summed E-state index contributed by atoms with van der Waals surface area (Å²) in [4.78, 5) is 26.2. The Balaban J connectivity index is 2.48. The number of aromatic nitrogens is 1. The van der Waals surface area contributed by atoms with E-state index in [4.69, 9.17) is 5.11 Å². The number of benzene rings is 2. The van der Waals surface area contributed by atoms with E-state index in [9.17, 15) is 9.59 Å². The summed E-state index contributed by atoms with van der Waals surface area (Å²) in [5.74, 6) is -1.01. The summed E-state index contributed by atoms with van der Waals surface area (Å²) in [6, 6.07) is 11.6. The average molecular weight is 239 g/mol. The van der Waals surface area contributed by atoms with Gasteiger partial charge in [0.2, 0.25) is 0 Å². The molecule has 0 bridgehead atoms. The van der Waals surface area contributed by atoms with Crippen molar-refractivity contribution in [2.24, 2.45) is 0 Å². The fourth-order valence-electron chi connectivity index (χ4n) is 2.06. The molecule has 18 heavy (non-hydrogen) atoms. The number of hydrogen-bond donors (Lipinski definition) is 2. The van der Waals surface area contributed by atoms with E-state index in [2.05, 4.69) is 4.98 Å². The lowest BCUT2D eigenvalue weighted by Crippen LogP contribution is -2.05. The van der Waals surface area contributed by atoms with Crippen LogP contribution in [0.4, 0.5) is 0 Å². The fraction of sp³-hybridized carbons (Fsp3) is 0. The molecule has 0 aliphatic rings. The highest BCUT2D eigenvalue weighted by molar-refractivity contribution is 5.97. The van der Waals surface area contributed by atoms with E-state index >= 15 is 0 Å². The van der Waals surface area contributed by atoms with Crippen LogP contribution in [0.5, 0.6) is 0 Å². The molecule has 0 atom stereocenters. The first-order valence-corrected chi connectivity index (χ1v) is 5.45. The van der Waals surface area contributed by atoms with Gasteiger partial charge in [0, 0.05) is 16.3 Å². The van der Waals surface area contributed by atoms with Crippen LogP contribution in [0.2, 0.25) is 0 Å². The van der Waals surface area contributed by atoms with Crippen LogP contribution in [-0.4, -0.2) is 16.1 Å². The molecule has 0 aliphatic carbocycles. The van der Waals surface area contributed by atoms with Gasteiger partial charge in [-0.25, -0.2) is 4.79 Å². The Labute approximate surface area is 101 Å². The summed E-state index contributed by atoms with van der Waals surface area (Å²) in [6.07, 6.45) is 0. The number of carboxylic acids is 1. The van der Waals surface area contributed by atoms with Crippen molar-refractivity contribution in [2.75, 3.05) is 0 Å². The highest BCUT2D eigenvalue weighted by Gasteiger charge is 2.08. The summed E-state index contributed by atoms with van der Waals surface area (Å²) < 4.78 is 0. The molecule has 3 rings (SSSR count). The molecular weight excluding hydrogens is 230 g/mol. The third kappa shape index (κ3) is 1.47. The van der Waals surface area contributed by atoms with Crippen molar-refractivity contribution in [3.05, 3.63) is 58.3 Å². The normalized spacial score (nSPS) is 10.9. The van der Waals surface area contributed by atoms with Crippen molar-refractivity contribution < 1.29 is 9.90 Å². The Hall–Kier alpha value is -2.62. The number of aromatic amines is 1. The Bertz CT molecular complexity index is 833. The summed E-state index contributed by atoms with van der Waals surface area (Å²) in [5, 5.41) is 10.0. The minimum atomic E-state index is -1.01. The second kappa shape index (κ2) is 3.70. The van der Waals surface area contributed by atoms with Crippen LogP contribution in [0.15, 0.2) is 47.3 Å². The van der Waals surface area contributed by atoms with Crippen molar-refractivity contribution >= 4 is 27.8 Å². The van der Waals surface area contributed by atoms with Gasteiger partial charge < -0.3 is 10.1 Å². The van der Waals surface area contributed by atoms with Crippen molar-refractivity contribution in [2.45, 2.75) is 0 Å². The Morgan fingerprint density at radius 3 is 2.50 bits per heavy atom. The van der Waals surface area contributed by atoms with Crippen molar-refractivity contribution in [1.82, 2.24) is 4.98 Å².